The Kier molecular flexibility index (Phi) is 9.60. The quantitative estimate of drug-likeness (QED) is 0.0979. The Bertz CT molecular complexity index is 1370. The van der Waals surface area contributed by atoms with Crippen molar-refractivity contribution in [2.75, 3.05) is 0 Å². The molecule has 4 aromatic rings. The molecule has 0 bridgehead atoms. The molecule has 42 heavy (non-hydrogen) atoms. The number of para-hydroxylation sites is 2. The molecule has 2 fully saturated rings. The number of ether oxygens (including phenoxy) is 2. The predicted molar refractivity (Wildman–Crippen MR) is 156 cm³/mol. The van der Waals surface area contributed by atoms with Gasteiger partial charge in [-0.05, 0) is 97.2 Å². The first-order chi connectivity index (χ1) is 20.1. The third kappa shape index (κ3) is 7.60. The summed E-state index contributed by atoms with van der Waals surface area (Å²) < 4.78 is 11.9. The highest BCUT2D eigenvalue weighted by Crippen LogP contribution is 2.45. The molecule has 0 saturated heterocycles. The molecule has 2 aliphatic rings. The van der Waals surface area contributed by atoms with Crippen molar-refractivity contribution in [3.63, 3.8) is 0 Å². The van der Waals surface area contributed by atoms with Crippen LogP contribution in [0, 0.1) is 11.8 Å². The topological polar surface area (TPSA) is 80.3 Å². The summed E-state index contributed by atoms with van der Waals surface area (Å²) in [5.41, 5.74) is 1.51. The highest BCUT2D eigenvalue weighted by molar-refractivity contribution is 5.80. The smallest absolute Gasteiger partial charge is 0.354 e. The van der Waals surface area contributed by atoms with Gasteiger partial charge in [0, 0.05) is 22.4 Å². The van der Waals surface area contributed by atoms with E-state index in [1.807, 2.05) is 109 Å². The van der Waals surface area contributed by atoms with E-state index in [1.165, 1.54) is 0 Å². The van der Waals surface area contributed by atoms with Gasteiger partial charge in [-0.3, -0.25) is 9.78 Å². The van der Waals surface area contributed by atoms with Crippen LogP contribution in [0.4, 0.5) is 0 Å². The lowest BCUT2D eigenvalue weighted by Crippen LogP contribution is -2.22. The van der Waals surface area contributed by atoms with E-state index in [-0.39, 0.29) is 29.2 Å². The van der Waals surface area contributed by atoms with E-state index in [0.717, 1.165) is 36.8 Å². The van der Waals surface area contributed by atoms with Gasteiger partial charge in [-0.1, -0.05) is 60.7 Å². The summed E-state index contributed by atoms with van der Waals surface area (Å²) in [6, 6.07) is 33.6. The van der Waals surface area contributed by atoms with Crippen molar-refractivity contribution < 1.29 is 33.9 Å². The lowest BCUT2D eigenvalue weighted by atomic mass is 9.94. The summed E-state index contributed by atoms with van der Waals surface area (Å²) in [4.78, 5) is 36.2. The lowest BCUT2D eigenvalue weighted by molar-refractivity contribution is -0.460. The average Bonchev–Trinajstić information content (AvgIpc) is 3.92. The molecular weight excluding hydrogens is 547 g/mol. The van der Waals surface area contributed by atoms with Gasteiger partial charge in [0.15, 0.2) is 0 Å². The first-order valence-corrected chi connectivity index (χ1v) is 13.9. The Hall–Kier alpha value is -4.09. The maximum Gasteiger partial charge on any atom is 0.354 e. The second kappa shape index (κ2) is 13.7. The third-order valence-corrected chi connectivity index (χ3v) is 7.32. The van der Waals surface area contributed by atoms with Gasteiger partial charge in [-0.25, -0.2) is 9.59 Å². The molecule has 2 aliphatic carbocycles. The Balaban J connectivity index is 0.00000353. The first-order valence-electron chi connectivity index (χ1n) is 13.9. The van der Waals surface area contributed by atoms with Crippen LogP contribution in [0.1, 0.15) is 48.6 Å². The van der Waals surface area contributed by atoms with E-state index in [4.69, 9.17) is 24.3 Å². The second-order valence-electron chi connectivity index (χ2n) is 10.5. The van der Waals surface area contributed by atoms with Crippen molar-refractivity contribution in [3.8, 4) is 23.0 Å². The normalized spacial score (nSPS) is 15.4. The Morgan fingerprint density at radius 3 is 1.29 bits per heavy atom. The fraction of sp³-hybridized carbons (Fsp3) is 0.235. The van der Waals surface area contributed by atoms with Crippen molar-refractivity contribution in [3.05, 3.63) is 120 Å². The van der Waals surface area contributed by atoms with Crippen molar-refractivity contribution in [1.29, 1.82) is 0 Å². The van der Waals surface area contributed by atoms with Crippen LogP contribution >= 0.6 is 0 Å². The van der Waals surface area contributed by atoms with Gasteiger partial charge in [0.2, 0.25) is 0 Å². The molecule has 0 N–H and O–H groups in total. The Labute approximate surface area is 255 Å². The molecule has 4 aromatic carbocycles. The zero-order valence-electron chi connectivity index (χ0n) is 23.0. The summed E-state index contributed by atoms with van der Waals surface area (Å²) in [5, 5.41) is 4.81. The lowest BCUT2D eigenvalue weighted by Gasteiger charge is -2.17. The van der Waals surface area contributed by atoms with Gasteiger partial charge in [0.1, 0.15) is 23.0 Å². The van der Waals surface area contributed by atoms with Crippen LogP contribution in [0.2, 0.25) is 0 Å². The van der Waals surface area contributed by atoms with Crippen molar-refractivity contribution in [2.24, 2.45) is 11.8 Å². The zero-order valence-corrected chi connectivity index (χ0v) is 24.1. The molecule has 6 rings (SSSR count). The number of hydrogen-bond acceptors (Lipinski definition) is 7. The monoisotopic (exact) mass is 577 g/mol. The van der Waals surface area contributed by atoms with Gasteiger partial charge in [0.05, 0.1) is 11.8 Å². The molecule has 0 heterocycles. The van der Waals surface area contributed by atoms with Crippen LogP contribution in [-0.2, 0) is 24.4 Å². The molecule has 2 atom stereocenters. The standard InChI is InChI=1S/C34H30O7.Al/c35-33(31(23-17-18-23)25-9-7-15-29(21-25)37-27-11-3-1-4-12-27)39-41-40-34(36)32(24-19-20-24)26-10-8-16-30(22-26)38-28-13-5-2-6-14-28;/h1-16,21-24,31-32H,17-20H2;. The minimum absolute atomic E-state index is 0. The zero-order chi connectivity index (χ0) is 28.0. The van der Waals surface area contributed by atoms with Crippen LogP contribution in [0.3, 0.4) is 0 Å². The maximum absolute atomic E-state index is 13.1. The van der Waals surface area contributed by atoms with Crippen molar-refractivity contribution in [2.45, 2.75) is 37.5 Å². The predicted octanol–water partition coefficient (Wildman–Crippen LogP) is 7.51. The number of benzene rings is 4. The van der Waals surface area contributed by atoms with E-state index in [0.29, 0.717) is 23.0 Å². The summed E-state index contributed by atoms with van der Waals surface area (Å²) >= 11 is 0. The van der Waals surface area contributed by atoms with E-state index in [2.05, 4.69) is 0 Å². The maximum atomic E-state index is 13.1. The van der Waals surface area contributed by atoms with Crippen LogP contribution in [0.15, 0.2) is 109 Å². The van der Waals surface area contributed by atoms with E-state index >= 15 is 0 Å². The van der Waals surface area contributed by atoms with Gasteiger partial charge in [0.25, 0.3) is 0 Å². The highest BCUT2D eigenvalue weighted by atomic mass is 27.0. The van der Waals surface area contributed by atoms with Crippen LogP contribution in [-0.4, -0.2) is 29.3 Å². The van der Waals surface area contributed by atoms with E-state index in [9.17, 15) is 9.59 Å². The Morgan fingerprint density at radius 1 is 0.524 bits per heavy atom. The fourth-order valence-electron chi connectivity index (χ4n) is 5.04. The molecule has 2 unspecified atom stereocenters. The minimum atomic E-state index is -0.613. The molecule has 0 aliphatic heterocycles. The third-order valence-electron chi connectivity index (χ3n) is 7.32. The van der Waals surface area contributed by atoms with Gasteiger partial charge < -0.3 is 9.47 Å². The molecule has 0 amide bonds. The summed E-state index contributed by atoms with van der Waals surface area (Å²) in [6.45, 7) is 0. The van der Waals surface area contributed by atoms with Gasteiger partial charge in [-0.2, -0.15) is 0 Å². The van der Waals surface area contributed by atoms with Crippen LogP contribution < -0.4 is 9.47 Å². The molecule has 0 aromatic heterocycles. The fourth-order valence-corrected chi connectivity index (χ4v) is 5.04. The summed E-state index contributed by atoms with van der Waals surface area (Å²) in [7, 11) is 0. The first kappa shape index (κ1) is 29.4. The van der Waals surface area contributed by atoms with E-state index < -0.39 is 23.8 Å². The molecule has 2 saturated carbocycles. The highest BCUT2D eigenvalue weighted by Gasteiger charge is 2.41. The molecule has 0 spiro atoms. The number of carbonyl (C=O) groups excluding carboxylic acids is 2. The molecular formula is C34H30AlO7. The van der Waals surface area contributed by atoms with Gasteiger partial charge >= 0.3 is 11.9 Å². The summed E-state index contributed by atoms with van der Waals surface area (Å²) in [6.07, 6.45) is 3.59. The molecule has 3 radical (unpaired) electrons. The van der Waals surface area contributed by atoms with E-state index in [1.54, 1.807) is 0 Å². The molecule has 7 nitrogen and oxygen atoms in total. The molecule has 8 heteroatoms. The van der Waals surface area contributed by atoms with Crippen LogP contribution in [0.25, 0.3) is 0 Å². The van der Waals surface area contributed by atoms with Gasteiger partial charge in [-0.15, -0.1) is 0 Å². The number of rotatable bonds is 12. The van der Waals surface area contributed by atoms with Crippen molar-refractivity contribution >= 4 is 29.3 Å². The number of carbonyl (C=O) groups is 2. The van der Waals surface area contributed by atoms with Crippen LogP contribution in [0.5, 0.6) is 23.0 Å². The van der Waals surface area contributed by atoms with Crippen molar-refractivity contribution in [1.82, 2.24) is 0 Å². The number of hydrogen-bond donors (Lipinski definition) is 0. The average molecular weight is 578 g/mol. The summed E-state index contributed by atoms with van der Waals surface area (Å²) in [5.74, 6) is 0.548. The second-order valence-corrected chi connectivity index (χ2v) is 10.5. The largest absolute Gasteiger partial charge is 0.457 e. The Morgan fingerprint density at radius 2 is 0.905 bits per heavy atom. The SMILES string of the molecule is O=C(OOOC(=O)C(c1cccc(Oc2ccccc2)c1)C1CC1)C(c1cccc(Oc2ccccc2)c1)C1CC1.[Al]. The minimum Gasteiger partial charge on any atom is -0.457 e. The molecule has 211 valence electrons.